The third-order valence-corrected chi connectivity index (χ3v) is 13.4. The minimum Gasteiger partial charge on any atom is -0.372 e. The molecule has 0 aliphatic carbocycles. The number of anilines is 6. The highest BCUT2D eigenvalue weighted by Crippen LogP contribution is 2.38. The molecule has 0 aliphatic rings. The summed E-state index contributed by atoms with van der Waals surface area (Å²) >= 11 is 1.01. The summed E-state index contributed by atoms with van der Waals surface area (Å²) in [6, 6.07) is 32.7. The van der Waals surface area contributed by atoms with Crippen molar-refractivity contribution in [1.82, 2.24) is 15.0 Å². The third-order valence-electron chi connectivity index (χ3n) is 10.7. The van der Waals surface area contributed by atoms with Gasteiger partial charge in [-0.05, 0) is 100 Å². The van der Waals surface area contributed by atoms with Crippen molar-refractivity contribution in [2.24, 2.45) is 20.5 Å². The van der Waals surface area contributed by atoms with Gasteiger partial charge in [0, 0.05) is 59.5 Å². The average molecular weight is 948 g/mol. The number of hydrogen-bond acceptors (Lipinski definition) is 16. The van der Waals surface area contributed by atoms with E-state index < -0.39 is 26.0 Å². The van der Waals surface area contributed by atoms with Crippen LogP contribution in [0.2, 0.25) is 0 Å². The number of fused-ring (bicyclic) bond motifs is 2. The molecule has 1 aromatic heterocycles. The summed E-state index contributed by atoms with van der Waals surface area (Å²) in [5.74, 6) is -0.406. The van der Waals surface area contributed by atoms with Crippen LogP contribution in [0, 0.1) is 6.92 Å². The van der Waals surface area contributed by atoms with E-state index in [-0.39, 0.29) is 33.1 Å². The molecular weight excluding hydrogens is 899 g/mol. The topological polar surface area (TPSA) is 227 Å². The lowest BCUT2D eigenvalue weighted by Gasteiger charge is -2.22. The van der Waals surface area contributed by atoms with Crippen LogP contribution in [0.4, 0.5) is 57.4 Å². The number of azo groups is 2. The van der Waals surface area contributed by atoms with Crippen molar-refractivity contribution in [2.75, 3.05) is 58.1 Å². The number of aromatic nitrogens is 3. The molecule has 17 nitrogen and oxygen atoms in total. The Morgan fingerprint density at radius 3 is 1.48 bits per heavy atom. The van der Waals surface area contributed by atoms with Crippen LogP contribution >= 0.6 is 11.8 Å². The Kier molecular flexibility index (Phi) is 14.9. The molecule has 6 aromatic carbocycles. The van der Waals surface area contributed by atoms with Gasteiger partial charge in [0.2, 0.25) is 11.9 Å². The molecule has 0 aliphatic heterocycles. The number of benzene rings is 6. The molecule has 0 amide bonds. The van der Waals surface area contributed by atoms with Crippen LogP contribution in [-0.2, 0) is 20.2 Å². The van der Waals surface area contributed by atoms with Crippen molar-refractivity contribution in [3.63, 3.8) is 0 Å². The quantitative estimate of drug-likeness (QED) is 0.0336. The lowest BCUT2D eigenvalue weighted by atomic mass is 10.0. The van der Waals surface area contributed by atoms with E-state index >= 15 is 0 Å². The van der Waals surface area contributed by atoms with Crippen molar-refractivity contribution < 1.29 is 25.9 Å². The Labute approximate surface area is 388 Å². The van der Waals surface area contributed by atoms with Gasteiger partial charge in [-0.3, -0.25) is 9.11 Å². The maximum atomic E-state index is 12.2. The van der Waals surface area contributed by atoms with Gasteiger partial charge >= 0.3 is 0 Å². The Morgan fingerprint density at radius 1 is 0.561 bits per heavy atom. The van der Waals surface area contributed by atoms with Crippen molar-refractivity contribution >= 4 is 111 Å². The Morgan fingerprint density at radius 2 is 1.00 bits per heavy atom. The van der Waals surface area contributed by atoms with E-state index in [1.807, 2.05) is 74.5 Å². The van der Waals surface area contributed by atoms with E-state index in [0.717, 1.165) is 52.6 Å². The van der Waals surface area contributed by atoms with E-state index in [2.05, 4.69) is 67.5 Å². The standard InChI is InChI=1S/C46H49N11O6S3/c1-6-56(7-2)31-19-22-39(54-52-37-21-18-30(5)33-14-10-11-15-34(33)37)41(28-31)47-44-49-45(51-46(50-44)64-26-27-65(58,59)60)48-42-29-32(57(8-3)9-4)20-23-40(42)55-53-38-24-25-43(66(61,62)63)36-17-13-12-16-35(36)38/h10-25,28-29H,6-9,26-27H2,1-5H3,(H,58,59,60)(H,61,62,63)(H2,47,48,49,50,51). The van der Waals surface area contributed by atoms with Crippen molar-refractivity contribution in [3.8, 4) is 0 Å². The number of hydrogen-bond donors (Lipinski definition) is 4. The summed E-state index contributed by atoms with van der Waals surface area (Å²) in [5, 5.41) is 28.1. The van der Waals surface area contributed by atoms with Crippen LogP contribution in [0.5, 0.6) is 0 Å². The van der Waals surface area contributed by atoms with Crippen molar-refractivity contribution in [3.05, 3.63) is 115 Å². The molecule has 0 saturated heterocycles. The van der Waals surface area contributed by atoms with Gasteiger partial charge in [0.15, 0.2) is 5.16 Å². The number of nitrogens with zero attached hydrogens (tertiary/aromatic N) is 9. The first-order valence-corrected chi connectivity index (χ1v) is 25.2. The van der Waals surface area contributed by atoms with E-state index in [0.29, 0.717) is 52.6 Å². The highest BCUT2D eigenvalue weighted by Gasteiger charge is 2.18. The van der Waals surface area contributed by atoms with E-state index in [1.54, 1.807) is 30.3 Å². The highest BCUT2D eigenvalue weighted by molar-refractivity contribution is 8.00. The smallest absolute Gasteiger partial charge is 0.295 e. The molecule has 0 radical (unpaired) electrons. The van der Waals surface area contributed by atoms with E-state index in [9.17, 15) is 25.9 Å². The predicted octanol–water partition coefficient (Wildman–Crippen LogP) is 11.7. The average Bonchev–Trinajstić information content (AvgIpc) is 3.29. The van der Waals surface area contributed by atoms with Crippen LogP contribution in [0.1, 0.15) is 33.3 Å². The molecule has 342 valence electrons. The summed E-state index contributed by atoms with van der Waals surface area (Å²) in [5.41, 5.74) is 5.83. The van der Waals surface area contributed by atoms with Crippen LogP contribution in [0.15, 0.2) is 140 Å². The summed E-state index contributed by atoms with van der Waals surface area (Å²) in [6.45, 7) is 13.2. The Balaban J connectivity index is 1.31. The number of thioether (sulfide) groups is 1. The monoisotopic (exact) mass is 947 g/mol. The minimum absolute atomic E-state index is 0.0512. The zero-order valence-electron chi connectivity index (χ0n) is 36.9. The molecule has 4 N–H and O–H groups in total. The largest absolute Gasteiger partial charge is 0.372 e. The first-order chi connectivity index (χ1) is 31.7. The molecule has 7 rings (SSSR count). The number of aryl methyl sites for hydroxylation is 1. The van der Waals surface area contributed by atoms with E-state index in [1.165, 1.54) is 12.1 Å². The second-order valence-corrected chi connectivity index (χ2v) is 18.9. The van der Waals surface area contributed by atoms with Gasteiger partial charge in [-0.1, -0.05) is 66.4 Å². The van der Waals surface area contributed by atoms with Crippen LogP contribution < -0.4 is 20.4 Å². The first-order valence-electron chi connectivity index (χ1n) is 21.1. The van der Waals surface area contributed by atoms with Gasteiger partial charge in [-0.2, -0.15) is 31.8 Å². The highest BCUT2D eigenvalue weighted by atomic mass is 32.2. The van der Waals surface area contributed by atoms with E-state index in [4.69, 9.17) is 15.2 Å². The lowest BCUT2D eigenvalue weighted by molar-refractivity contribution is 0.482. The second-order valence-electron chi connectivity index (χ2n) is 14.8. The predicted molar refractivity (Wildman–Crippen MR) is 264 cm³/mol. The summed E-state index contributed by atoms with van der Waals surface area (Å²) < 4.78 is 67.2. The molecule has 66 heavy (non-hydrogen) atoms. The zero-order valence-corrected chi connectivity index (χ0v) is 39.4. The van der Waals surface area contributed by atoms with Crippen LogP contribution in [0.3, 0.4) is 0 Å². The minimum atomic E-state index is -4.51. The molecule has 7 aromatic rings. The van der Waals surface area contributed by atoms with Gasteiger partial charge < -0.3 is 20.4 Å². The molecule has 20 heteroatoms. The summed E-state index contributed by atoms with van der Waals surface area (Å²) in [7, 11) is -8.79. The van der Waals surface area contributed by atoms with Crippen molar-refractivity contribution in [1.29, 1.82) is 0 Å². The summed E-state index contributed by atoms with van der Waals surface area (Å²) in [4.78, 5) is 18.1. The van der Waals surface area contributed by atoms with Gasteiger partial charge in [0.1, 0.15) is 16.3 Å². The Hall–Kier alpha value is -6.58. The van der Waals surface area contributed by atoms with Crippen molar-refractivity contribution in [2.45, 2.75) is 44.7 Å². The normalized spacial score (nSPS) is 12.1. The molecule has 0 fully saturated rings. The fraction of sp³-hybridized carbons (Fsp3) is 0.239. The van der Waals surface area contributed by atoms with Gasteiger partial charge in [-0.15, -0.1) is 20.5 Å². The molecule has 0 saturated carbocycles. The molecule has 0 spiro atoms. The van der Waals surface area contributed by atoms with Crippen LogP contribution in [0.25, 0.3) is 21.5 Å². The fourth-order valence-corrected chi connectivity index (χ4v) is 9.67. The third kappa shape index (κ3) is 11.4. The SMILES string of the molecule is CCN(CC)c1ccc(N=Nc2ccc(C)c3ccccc23)c(Nc2nc(Nc3cc(N(CC)CC)ccc3N=Nc3ccc(S(=O)(=O)O)c4ccccc34)nc(SCCS(=O)(=O)O)n2)c1. The maximum absolute atomic E-state index is 12.2. The summed E-state index contributed by atoms with van der Waals surface area (Å²) in [6.07, 6.45) is 0. The zero-order chi connectivity index (χ0) is 47.0. The molecule has 0 bridgehead atoms. The number of rotatable bonds is 19. The number of nitrogens with one attached hydrogen (secondary N) is 2. The fourth-order valence-electron chi connectivity index (χ4n) is 7.31. The molecule has 1 heterocycles. The van der Waals surface area contributed by atoms with Crippen LogP contribution in [-0.4, -0.2) is 78.6 Å². The molecule has 0 atom stereocenters. The second kappa shape index (κ2) is 20.7. The molecular formula is C46H49N11O6S3. The lowest BCUT2D eigenvalue weighted by Crippen LogP contribution is -2.21. The van der Waals surface area contributed by atoms with Gasteiger partial charge in [0.25, 0.3) is 20.2 Å². The van der Waals surface area contributed by atoms with Gasteiger partial charge in [-0.25, -0.2) is 0 Å². The Bertz CT molecular complexity index is 3180. The van der Waals surface area contributed by atoms with Gasteiger partial charge in [0.05, 0.1) is 28.5 Å². The molecule has 0 unspecified atom stereocenters. The maximum Gasteiger partial charge on any atom is 0.295 e. The first kappa shape index (κ1) is 47.4.